The van der Waals surface area contributed by atoms with E-state index in [1.54, 1.807) is 0 Å². The van der Waals surface area contributed by atoms with E-state index >= 15 is 0 Å². The van der Waals surface area contributed by atoms with Gasteiger partial charge in [0.25, 0.3) is 0 Å². The molecule has 2 rings (SSSR count). The predicted molar refractivity (Wildman–Crippen MR) is 66.5 cm³/mol. The number of anilines is 1. The van der Waals surface area contributed by atoms with E-state index in [0.717, 1.165) is 17.9 Å². The second-order valence-electron chi connectivity index (χ2n) is 4.84. The van der Waals surface area contributed by atoms with Crippen LogP contribution in [0.4, 0.5) is 5.69 Å². The van der Waals surface area contributed by atoms with Crippen LogP contribution in [0.15, 0.2) is 0 Å². The lowest BCUT2D eigenvalue weighted by atomic mass is 9.84. The standard InChI is InChI=1S/C12H22N4/c1-8-12(9(2)16-15-8)14-11-6-4-3-5-10(11)7-13/h10-11,14H,3-7,13H2,1-2H3,(H,15,16). The summed E-state index contributed by atoms with van der Waals surface area (Å²) in [6.45, 7) is 4.88. The Hall–Kier alpha value is -1.03. The fourth-order valence-corrected chi connectivity index (χ4v) is 2.63. The highest BCUT2D eigenvalue weighted by molar-refractivity contribution is 5.52. The molecule has 1 heterocycles. The van der Waals surface area contributed by atoms with Crippen LogP contribution in [0.2, 0.25) is 0 Å². The molecule has 2 unspecified atom stereocenters. The molecule has 16 heavy (non-hydrogen) atoms. The highest BCUT2D eigenvalue weighted by Crippen LogP contribution is 2.28. The molecule has 0 aliphatic heterocycles. The molecule has 4 heteroatoms. The average molecular weight is 222 g/mol. The molecule has 0 amide bonds. The van der Waals surface area contributed by atoms with Gasteiger partial charge >= 0.3 is 0 Å². The van der Waals surface area contributed by atoms with Crippen molar-refractivity contribution < 1.29 is 0 Å². The van der Waals surface area contributed by atoms with Gasteiger partial charge in [-0.2, -0.15) is 5.10 Å². The van der Waals surface area contributed by atoms with Gasteiger partial charge in [-0.15, -0.1) is 0 Å². The van der Waals surface area contributed by atoms with Crippen molar-refractivity contribution in [3.63, 3.8) is 0 Å². The van der Waals surface area contributed by atoms with E-state index in [9.17, 15) is 0 Å². The SMILES string of the molecule is Cc1n[nH]c(C)c1NC1CCCCC1CN. The molecule has 4 nitrogen and oxygen atoms in total. The lowest BCUT2D eigenvalue weighted by Crippen LogP contribution is -2.36. The number of aromatic nitrogens is 2. The van der Waals surface area contributed by atoms with Crippen molar-refractivity contribution in [3.05, 3.63) is 11.4 Å². The summed E-state index contributed by atoms with van der Waals surface area (Å²) < 4.78 is 0. The molecule has 0 spiro atoms. The van der Waals surface area contributed by atoms with E-state index in [4.69, 9.17) is 5.73 Å². The van der Waals surface area contributed by atoms with Gasteiger partial charge in [0.15, 0.2) is 0 Å². The van der Waals surface area contributed by atoms with Crippen LogP contribution in [-0.4, -0.2) is 22.8 Å². The van der Waals surface area contributed by atoms with Gasteiger partial charge < -0.3 is 11.1 Å². The van der Waals surface area contributed by atoms with Crippen LogP contribution in [0.1, 0.15) is 37.1 Å². The molecule has 1 aromatic rings. The molecular weight excluding hydrogens is 200 g/mol. The number of nitrogens with zero attached hydrogens (tertiary/aromatic N) is 1. The molecule has 1 aromatic heterocycles. The third-order valence-corrected chi connectivity index (χ3v) is 3.67. The first kappa shape index (κ1) is 11.5. The topological polar surface area (TPSA) is 66.7 Å². The number of hydrogen-bond acceptors (Lipinski definition) is 3. The number of nitrogens with one attached hydrogen (secondary N) is 2. The number of H-pyrrole nitrogens is 1. The normalized spacial score (nSPS) is 25.7. The largest absolute Gasteiger partial charge is 0.379 e. The maximum atomic E-state index is 5.84. The van der Waals surface area contributed by atoms with Crippen LogP contribution in [-0.2, 0) is 0 Å². The first-order valence-electron chi connectivity index (χ1n) is 6.20. The quantitative estimate of drug-likeness (QED) is 0.732. The minimum Gasteiger partial charge on any atom is -0.379 e. The Morgan fingerprint density at radius 1 is 1.38 bits per heavy atom. The lowest BCUT2D eigenvalue weighted by Gasteiger charge is -2.32. The maximum Gasteiger partial charge on any atom is 0.0825 e. The zero-order chi connectivity index (χ0) is 11.5. The maximum absolute atomic E-state index is 5.84. The Bertz CT molecular complexity index is 325. The Labute approximate surface area is 97.0 Å². The van der Waals surface area contributed by atoms with Crippen molar-refractivity contribution >= 4 is 5.69 Å². The van der Waals surface area contributed by atoms with Gasteiger partial charge in [0.05, 0.1) is 17.1 Å². The molecule has 90 valence electrons. The molecule has 1 saturated carbocycles. The van der Waals surface area contributed by atoms with Crippen molar-refractivity contribution in [2.45, 2.75) is 45.6 Å². The molecular formula is C12H22N4. The van der Waals surface area contributed by atoms with Crippen molar-refractivity contribution in [3.8, 4) is 0 Å². The Balaban J connectivity index is 2.07. The summed E-state index contributed by atoms with van der Waals surface area (Å²) in [5.41, 5.74) is 9.19. The first-order chi connectivity index (χ1) is 7.72. The van der Waals surface area contributed by atoms with Crippen LogP contribution in [0.25, 0.3) is 0 Å². The summed E-state index contributed by atoms with van der Waals surface area (Å²) in [7, 11) is 0. The number of aryl methyl sites for hydroxylation is 2. The fourth-order valence-electron chi connectivity index (χ4n) is 2.63. The monoisotopic (exact) mass is 222 g/mol. The highest BCUT2D eigenvalue weighted by atomic mass is 15.2. The van der Waals surface area contributed by atoms with Crippen LogP contribution in [0.3, 0.4) is 0 Å². The summed E-state index contributed by atoms with van der Waals surface area (Å²) in [5.74, 6) is 0.613. The second-order valence-corrected chi connectivity index (χ2v) is 4.84. The molecule has 4 N–H and O–H groups in total. The van der Waals surface area contributed by atoms with Crippen LogP contribution in [0.5, 0.6) is 0 Å². The van der Waals surface area contributed by atoms with E-state index in [-0.39, 0.29) is 0 Å². The van der Waals surface area contributed by atoms with Crippen LogP contribution >= 0.6 is 0 Å². The molecule has 2 atom stereocenters. The molecule has 1 aliphatic rings. The minimum atomic E-state index is 0.522. The summed E-state index contributed by atoms with van der Waals surface area (Å²) in [5, 5.41) is 10.9. The summed E-state index contributed by atoms with van der Waals surface area (Å²) in [6, 6.07) is 0.522. The average Bonchev–Trinajstić information content (AvgIpc) is 2.61. The van der Waals surface area contributed by atoms with Crippen molar-refractivity contribution in [1.82, 2.24) is 10.2 Å². The van der Waals surface area contributed by atoms with Gasteiger partial charge in [-0.3, -0.25) is 5.10 Å². The van der Waals surface area contributed by atoms with E-state index < -0.39 is 0 Å². The third-order valence-electron chi connectivity index (χ3n) is 3.67. The van der Waals surface area contributed by atoms with Gasteiger partial charge in [0.1, 0.15) is 0 Å². The van der Waals surface area contributed by atoms with Crippen molar-refractivity contribution in [1.29, 1.82) is 0 Å². The van der Waals surface area contributed by atoms with Gasteiger partial charge in [-0.05, 0) is 39.2 Å². The Morgan fingerprint density at radius 3 is 2.75 bits per heavy atom. The molecule has 1 aliphatic carbocycles. The smallest absolute Gasteiger partial charge is 0.0825 e. The van der Waals surface area contributed by atoms with E-state index in [2.05, 4.69) is 22.4 Å². The summed E-state index contributed by atoms with van der Waals surface area (Å²) in [4.78, 5) is 0. The zero-order valence-electron chi connectivity index (χ0n) is 10.2. The third kappa shape index (κ3) is 2.21. The van der Waals surface area contributed by atoms with Gasteiger partial charge in [0, 0.05) is 6.04 Å². The van der Waals surface area contributed by atoms with Crippen LogP contribution < -0.4 is 11.1 Å². The first-order valence-corrected chi connectivity index (χ1v) is 6.20. The molecule has 0 bridgehead atoms. The van der Waals surface area contributed by atoms with E-state index in [1.807, 2.05) is 6.92 Å². The number of nitrogens with two attached hydrogens (primary N) is 1. The van der Waals surface area contributed by atoms with E-state index in [1.165, 1.54) is 31.4 Å². The predicted octanol–water partition coefficient (Wildman–Crippen LogP) is 1.96. The minimum absolute atomic E-state index is 0.522. The molecule has 0 radical (unpaired) electrons. The van der Waals surface area contributed by atoms with Crippen molar-refractivity contribution in [2.24, 2.45) is 11.7 Å². The van der Waals surface area contributed by atoms with Gasteiger partial charge in [-0.1, -0.05) is 12.8 Å². The fraction of sp³-hybridized carbons (Fsp3) is 0.750. The number of aromatic amines is 1. The van der Waals surface area contributed by atoms with Crippen LogP contribution in [0, 0.1) is 19.8 Å². The Morgan fingerprint density at radius 2 is 2.12 bits per heavy atom. The zero-order valence-corrected chi connectivity index (χ0v) is 10.2. The molecule has 0 saturated heterocycles. The lowest BCUT2D eigenvalue weighted by molar-refractivity contribution is 0.332. The van der Waals surface area contributed by atoms with Crippen molar-refractivity contribution in [2.75, 3.05) is 11.9 Å². The Kier molecular flexibility index (Phi) is 3.49. The summed E-state index contributed by atoms with van der Waals surface area (Å²) >= 11 is 0. The van der Waals surface area contributed by atoms with E-state index in [0.29, 0.717) is 12.0 Å². The van der Waals surface area contributed by atoms with Gasteiger partial charge in [-0.25, -0.2) is 0 Å². The molecule has 0 aromatic carbocycles. The van der Waals surface area contributed by atoms with Gasteiger partial charge in [0.2, 0.25) is 0 Å². The molecule has 1 fully saturated rings. The highest BCUT2D eigenvalue weighted by Gasteiger charge is 2.24. The number of hydrogen-bond donors (Lipinski definition) is 3. The number of rotatable bonds is 3. The second kappa shape index (κ2) is 4.87. The summed E-state index contributed by atoms with van der Waals surface area (Å²) in [6.07, 6.45) is 5.11.